The average molecular weight is 229 g/mol. The van der Waals surface area contributed by atoms with Gasteiger partial charge in [0.05, 0.1) is 6.10 Å². The van der Waals surface area contributed by atoms with Gasteiger partial charge < -0.3 is 10.1 Å². The van der Waals surface area contributed by atoms with Crippen LogP contribution in [0.1, 0.15) is 60.3 Å². The second-order valence-corrected chi connectivity index (χ2v) is 5.78. The Bertz CT molecular complexity index is 157. The summed E-state index contributed by atoms with van der Waals surface area (Å²) in [4.78, 5) is 0. The molecule has 0 heterocycles. The zero-order chi connectivity index (χ0) is 12.6. The molecule has 2 nitrogen and oxygen atoms in total. The quantitative estimate of drug-likeness (QED) is 0.686. The third-order valence-electron chi connectivity index (χ3n) is 2.98. The van der Waals surface area contributed by atoms with Gasteiger partial charge in [0.1, 0.15) is 0 Å². The van der Waals surface area contributed by atoms with E-state index in [0.29, 0.717) is 17.6 Å². The molecule has 2 heteroatoms. The third kappa shape index (κ3) is 7.24. The number of hydrogen-bond acceptors (Lipinski definition) is 2. The van der Waals surface area contributed by atoms with Crippen molar-refractivity contribution in [1.29, 1.82) is 0 Å². The second kappa shape index (κ2) is 8.08. The molecule has 0 aromatic carbocycles. The van der Waals surface area contributed by atoms with E-state index in [4.69, 9.17) is 4.74 Å². The highest BCUT2D eigenvalue weighted by atomic mass is 16.5. The van der Waals surface area contributed by atoms with E-state index in [0.717, 1.165) is 13.0 Å². The number of ether oxygens (including phenoxy) is 1. The summed E-state index contributed by atoms with van der Waals surface area (Å²) < 4.78 is 5.84. The highest BCUT2D eigenvalue weighted by Gasteiger charge is 2.21. The first kappa shape index (κ1) is 15.9. The summed E-state index contributed by atoms with van der Waals surface area (Å²) in [5.74, 6) is 0. The van der Waals surface area contributed by atoms with Crippen molar-refractivity contribution in [3.63, 3.8) is 0 Å². The fourth-order valence-electron chi connectivity index (χ4n) is 2.00. The maximum Gasteiger partial charge on any atom is 0.0727 e. The molecular weight excluding hydrogens is 198 g/mol. The van der Waals surface area contributed by atoms with Gasteiger partial charge in [-0.2, -0.15) is 0 Å². The Morgan fingerprint density at radius 2 is 1.75 bits per heavy atom. The first-order valence-electron chi connectivity index (χ1n) is 6.73. The van der Waals surface area contributed by atoms with Gasteiger partial charge in [-0.3, -0.25) is 0 Å². The molecule has 16 heavy (non-hydrogen) atoms. The molecule has 1 N–H and O–H groups in total. The van der Waals surface area contributed by atoms with Crippen molar-refractivity contribution in [2.24, 2.45) is 5.41 Å². The van der Waals surface area contributed by atoms with Crippen LogP contribution >= 0.6 is 0 Å². The van der Waals surface area contributed by atoms with Crippen molar-refractivity contribution in [3.8, 4) is 0 Å². The van der Waals surface area contributed by atoms with Crippen LogP contribution in [0.25, 0.3) is 0 Å². The lowest BCUT2D eigenvalue weighted by atomic mass is 9.87. The van der Waals surface area contributed by atoms with E-state index >= 15 is 0 Å². The summed E-state index contributed by atoms with van der Waals surface area (Å²) in [7, 11) is 2.05. The third-order valence-corrected chi connectivity index (χ3v) is 2.98. The van der Waals surface area contributed by atoms with E-state index < -0.39 is 0 Å². The lowest BCUT2D eigenvalue weighted by molar-refractivity contribution is 0.0252. The standard InChI is InChI=1S/C14H31NO/c1-7-9-13(16-8-2)12(15-6)10-11-14(3,4)5/h12-13,15H,7-11H2,1-6H3. The summed E-state index contributed by atoms with van der Waals surface area (Å²) in [5.41, 5.74) is 0.415. The van der Waals surface area contributed by atoms with Gasteiger partial charge >= 0.3 is 0 Å². The predicted octanol–water partition coefficient (Wildman–Crippen LogP) is 3.61. The van der Waals surface area contributed by atoms with Crippen LogP contribution in [-0.2, 0) is 4.74 Å². The molecule has 0 aromatic heterocycles. The van der Waals surface area contributed by atoms with Crippen molar-refractivity contribution in [3.05, 3.63) is 0 Å². The zero-order valence-electron chi connectivity index (χ0n) is 12.1. The topological polar surface area (TPSA) is 21.3 Å². The molecule has 0 aliphatic heterocycles. The van der Waals surface area contributed by atoms with Gasteiger partial charge in [0.2, 0.25) is 0 Å². The molecule has 0 aliphatic carbocycles. The van der Waals surface area contributed by atoms with Crippen LogP contribution in [0.5, 0.6) is 0 Å². The maximum absolute atomic E-state index is 5.84. The van der Waals surface area contributed by atoms with Crippen molar-refractivity contribution >= 4 is 0 Å². The molecule has 98 valence electrons. The Hall–Kier alpha value is -0.0800. The van der Waals surface area contributed by atoms with E-state index in [-0.39, 0.29) is 0 Å². The Labute approximate surface area is 102 Å². The molecule has 0 aliphatic rings. The Balaban J connectivity index is 4.19. The molecule has 0 amide bonds. The van der Waals surface area contributed by atoms with Gasteiger partial charge in [0, 0.05) is 12.6 Å². The van der Waals surface area contributed by atoms with E-state index in [9.17, 15) is 0 Å². The molecule has 0 radical (unpaired) electrons. The summed E-state index contributed by atoms with van der Waals surface area (Å²) >= 11 is 0. The van der Waals surface area contributed by atoms with Gasteiger partial charge in [-0.1, -0.05) is 34.1 Å². The first-order valence-corrected chi connectivity index (χ1v) is 6.73. The summed E-state index contributed by atoms with van der Waals surface area (Å²) in [6.45, 7) is 12.0. The maximum atomic E-state index is 5.84. The van der Waals surface area contributed by atoms with Crippen LogP contribution in [-0.4, -0.2) is 25.8 Å². The lowest BCUT2D eigenvalue weighted by Gasteiger charge is -2.29. The molecule has 2 atom stereocenters. The van der Waals surface area contributed by atoms with E-state index in [1.165, 1.54) is 19.3 Å². The van der Waals surface area contributed by atoms with Gasteiger partial charge in [-0.25, -0.2) is 0 Å². The number of rotatable bonds is 8. The zero-order valence-corrected chi connectivity index (χ0v) is 12.1. The normalized spacial score (nSPS) is 16.1. The van der Waals surface area contributed by atoms with Gasteiger partial charge in [0.15, 0.2) is 0 Å². The largest absolute Gasteiger partial charge is 0.377 e. The van der Waals surface area contributed by atoms with Gasteiger partial charge in [0.25, 0.3) is 0 Å². The number of hydrogen-bond donors (Lipinski definition) is 1. The molecule has 0 spiro atoms. The van der Waals surface area contributed by atoms with E-state index in [1.807, 2.05) is 0 Å². The van der Waals surface area contributed by atoms with Crippen molar-refractivity contribution in [2.75, 3.05) is 13.7 Å². The van der Waals surface area contributed by atoms with Crippen molar-refractivity contribution in [1.82, 2.24) is 5.32 Å². The highest BCUT2D eigenvalue weighted by Crippen LogP contribution is 2.23. The number of likely N-dealkylation sites (N-methyl/N-ethyl adjacent to an activating group) is 1. The van der Waals surface area contributed by atoms with Crippen LogP contribution in [0.15, 0.2) is 0 Å². The Morgan fingerprint density at radius 1 is 1.12 bits per heavy atom. The molecular formula is C14H31NO. The fourth-order valence-corrected chi connectivity index (χ4v) is 2.00. The highest BCUT2D eigenvalue weighted by molar-refractivity contribution is 4.78. The van der Waals surface area contributed by atoms with Crippen LogP contribution in [0, 0.1) is 5.41 Å². The minimum atomic E-state index is 0.377. The first-order chi connectivity index (χ1) is 7.44. The Morgan fingerprint density at radius 3 is 2.12 bits per heavy atom. The molecule has 0 saturated heterocycles. The van der Waals surface area contributed by atoms with Crippen molar-refractivity contribution in [2.45, 2.75) is 72.4 Å². The minimum Gasteiger partial charge on any atom is -0.377 e. The minimum absolute atomic E-state index is 0.377. The average Bonchev–Trinajstić information content (AvgIpc) is 2.17. The molecule has 0 bridgehead atoms. The fraction of sp³-hybridized carbons (Fsp3) is 1.00. The summed E-state index contributed by atoms with van der Waals surface area (Å²) in [6, 6.07) is 0.499. The predicted molar refractivity (Wildman–Crippen MR) is 71.9 cm³/mol. The Kier molecular flexibility index (Phi) is 8.04. The van der Waals surface area contributed by atoms with E-state index in [2.05, 4.69) is 47.0 Å². The van der Waals surface area contributed by atoms with Gasteiger partial charge in [-0.15, -0.1) is 0 Å². The van der Waals surface area contributed by atoms with Gasteiger partial charge in [-0.05, 0) is 38.6 Å². The molecule has 0 fully saturated rings. The SMILES string of the molecule is CCCC(OCC)C(CCC(C)(C)C)NC. The van der Waals surface area contributed by atoms with Crippen molar-refractivity contribution < 1.29 is 4.74 Å². The van der Waals surface area contributed by atoms with Crippen LogP contribution in [0.2, 0.25) is 0 Å². The van der Waals surface area contributed by atoms with Crippen LogP contribution in [0.4, 0.5) is 0 Å². The monoisotopic (exact) mass is 229 g/mol. The van der Waals surface area contributed by atoms with Crippen LogP contribution in [0.3, 0.4) is 0 Å². The second-order valence-electron chi connectivity index (χ2n) is 5.78. The number of nitrogens with one attached hydrogen (secondary N) is 1. The molecule has 0 saturated carbocycles. The smallest absolute Gasteiger partial charge is 0.0727 e. The molecule has 0 aromatic rings. The lowest BCUT2D eigenvalue weighted by Crippen LogP contribution is -2.40. The molecule has 2 unspecified atom stereocenters. The molecule has 0 rings (SSSR count). The summed E-state index contributed by atoms with van der Waals surface area (Å²) in [6.07, 6.45) is 5.17. The summed E-state index contributed by atoms with van der Waals surface area (Å²) in [5, 5.41) is 3.42. The van der Waals surface area contributed by atoms with E-state index in [1.54, 1.807) is 0 Å². The van der Waals surface area contributed by atoms with Crippen LogP contribution < -0.4 is 5.32 Å².